The van der Waals surface area contributed by atoms with Gasteiger partial charge in [0.2, 0.25) is 5.91 Å². The number of ether oxygens (including phenoxy) is 1. The maximum atomic E-state index is 12.5. The number of thioether (sulfide) groups is 1. The van der Waals surface area contributed by atoms with Crippen LogP contribution in [0.5, 0.6) is 5.75 Å². The van der Waals surface area contributed by atoms with Crippen LogP contribution in [0.25, 0.3) is 21.9 Å². The zero-order valence-electron chi connectivity index (χ0n) is 20.7. The molecular formula is C33H26N2O2S. The highest BCUT2D eigenvalue weighted by Crippen LogP contribution is 2.49. The molecule has 0 atom stereocenters. The molecule has 0 aromatic heterocycles. The number of rotatable bonds is 8. The molecular weight excluding hydrogens is 488 g/mol. The van der Waals surface area contributed by atoms with Gasteiger partial charge in [-0.1, -0.05) is 84.9 Å². The Balaban J connectivity index is 1.00. The predicted molar refractivity (Wildman–Crippen MR) is 157 cm³/mol. The molecule has 0 saturated carbocycles. The monoisotopic (exact) mass is 514 g/mol. The van der Waals surface area contributed by atoms with E-state index in [0.717, 1.165) is 16.9 Å². The van der Waals surface area contributed by atoms with Gasteiger partial charge in [0.1, 0.15) is 12.4 Å². The molecule has 0 aliphatic heterocycles. The third kappa shape index (κ3) is 5.20. The molecule has 5 aromatic carbocycles. The lowest BCUT2D eigenvalue weighted by Crippen LogP contribution is -2.20. The van der Waals surface area contributed by atoms with Crippen molar-refractivity contribution in [2.24, 2.45) is 5.10 Å². The second-order valence-corrected chi connectivity index (χ2v) is 10.3. The van der Waals surface area contributed by atoms with E-state index in [1.54, 1.807) is 18.0 Å². The molecule has 0 saturated heterocycles. The fraction of sp³-hybridized carbons (Fsp3) is 0.0909. The molecule has 6 rings (SSSR count). The number of carbonyl (C=O) groups excluding carboxylic acids is 1. The summed E-state index contributed by atoms with van der Waals surface area (Å²) >= 11 is 1.63. The van der Waals surface area contributed by atoms with Crippen molar-refractivity contribution in [3.63, 3.8) is 0 Å². The number of nitrogens with one attached hydrogen (secondary N) is 1. The number of nitrogens with zero attached hydrogens (tertiary/aromatic N) is 1. The fourth-order valence-corrected chi connectivity index (χ4v) is 5.96. The smallest absolute Gasteiger partial charge is 0.250 e. The Bertz CT molecular complexity index is 1580. The highest BCUT2D eigenvalue weighted by Gasteiger charge is 2.28. The number of fused-ring (bicyclic) bond motifs is 4. The molecule has 0 heterocycles. The summed E-state index contributed by atoms with van der Waals surface area (Å²) in [6.45, 7) is 0.502. The second kappa shape index (κ2) is 11.0. The van der Waals surface area contributed by atoms with Crippen molar-refractivity contribution in [2.45, 2.75) is 11.9 Å². The van der Waals surface area contributed by atoms with Crippen LogP contribution in [0.2, 0.25) is 0 Å². The maximum absolute atomic E-state index is 12.5. The molecule has 38 heavy (non-hydrogen) atoms. The SMILES string of the molecule is O=C(CSC1c2ccccc2-c2ccccc21)N/N=C\c1ccc(OCc2ccc3ccccc3c2)cc1. The van der Waals surface area contributed by atoms with Crippen LogP contribution >= 0.6 is 11.8 Å². The Kier molecular flexibility index (Phi) is 6.92. The van der Waals surface area contributed by atoms with Crippen LogP contribution in [0.15, 0.2) is 120 Å². The van der Waals surface area contributed by atoms with Crippen LogP contribution in [-0.4, -0.2) is 17.9 Å². The zero-order chi connectivity index (χ0) is 25.7. The number of hydrazone groups is 1. The molecule has 5 heteroatoms. The van der Waals surface area contributed by atoms with E-state index in [-0.39, 0.29) is 11.2 Å². The van der Waals surface area contributed by atoms with Gasteiger partial charge in [0.25, 0.3) is 0 Å². The summed E-state index contributed by atoms with van der Waals surface area (Å²) in [6, 6.07) is 39.2. The van der Waals surface area contributed by atoms with Gasteiger partial charge in [-0.2, -0.15) is 5.10 Å². The molecule has 0 radical (unpaired) electrons. The van der Waals surface area contributed by atoms with Gasteiger partial charge in [0.15, 0.2) is 0 Å². The molecule has 0 fully saturated rings. The van der Waals surface area contributed by atoms with E-state index in [1.807, 2.05) is 36.4 Å². The Morgan fingerprint density at radius 2 is 1.45 bits per heavy atom. The Labute approximate surface area is 226 Å². The molecule has 1 aliphatic rings. The minimum absolute atomic E-state index is 0.122. The average Bonchev–Trinajstić information content (AvgIpc) is 3.29. The van der Waals surface area contributed by atoms with Crippen molar-refractivity contribution < 1.29 is 9.53 Å². The van der Waals surface area contributed by atoms with Crippen molar-refractivity contribution >= 4 is 34.7 Å². The molecule has 0 unspecified atom stereocenters. The van der Waals surface area contributed by atoms with Crippen LogP contribution in [0, 0.1) is 0 Å². The second-order valence-electron chi connectivity index (χ2n) is 9.20. The summed E-state index contributed by atoms with van der Waals surface area (Å²) in [7, 11) is 0. The predicted octanol–water partition coefficient (Wildman–Crippen LogP) is 7.37. The molecule has 186 valence electrons. The summed E-state index contributed by atoms with van der Waals surface area (Å²) in [5, 5.41) is 6.73. The van der Waals surface area contributed by atoms with Gasteiger partial charge in [0, 0.05) is 0 Å². The minimum Gasteiger partial charge on any atom is -0.489 e. The molecule has 5 aromatic rings. The Morgan fingerprint density at radius 3 is 2.18 bits per heavy atom. The molecule has 1 N–H and O–H groups in total. The van der Waals surface area contributed by atoms with Crippen molar-refractivity contribution in [1.29, 1.82) is 0 Å². The number of carbonyl (C=O) groups is 1. The van der Waals surface area contributed by atoms with E-state index in [2.05, 4.69) is 89.4 Å². The Hall–Kier alpha value is -4.35. The first-order valence-electron chi connectivity index (χ1n) is 12.6. The van der Waals surface area contributed by atoms with E-state index in [9.17, 15) is 4.79 Å². The molecule has 1 aliphatic carbocycles. The largest absolute Gasteiger partial charge is 0.489 e. The highest BCUT2D eigenvalue weighted by atomic mass is 32.2. The third-order valence-electron chi connectivity index (χ3n) is 6.66. The van der Waals surface area contributed by atoms with Crippen LogP contribution in [0.1, 0.15) is 27.5 Å². The molecule has 4 nitrogen and oxygen atoms in total. The normalized spacial score (nSPS) is 12.4. The first kappa shape index (κ1) is 24.0. The molecule has 1 amide bonds. The number of benzene rings is 5. The lowest BCUT2D eigenvalue weighted by atomic mass is 10.1. The van der Waals surface area contributed by atoms with Gasteiger partial charge < -0.3 is 4.74 Å². The fourth-order valence-electron chi connectivity index (χ4n) is 4.80. The minimum atomic E-state index is -0.122. The number of amides is 1. The van der Waals surface area contributed by atoms with E-state index in [1.165, 1.54) is 33.0 Å². The summed E-state index contributed by atoms with van der Waals surface area (Å²) in [5.41, 5.74) is 9.70. The first-order valence-corrected chi connectivity index (χ1v) is 13.6. The van der Waals surface area contributed by atoms with Crippen molar-refractivity contribution in [3.8, 4) is 16.9 Å². The van der Waals surface area contributed by atoms with Crippen LogP contribution in [0.3, 0.4) is 0 Å². The van der Waals surface area contributed by atoms with E-state index >= 15 is 0 Å². The van der Waals surface area contributed by atoms with E-state index in [4.69, 9.17) is 4.74 Å². The van der Waals surface area contributed by atoms with Gasteiger partial charge in [-0.25, -0.2) is 5.43 Å². The van der Waals surface area contributed by atoms with Crippen molar-refractivity contribution in [2.75, 3.05) is 5.75 Å². The number of hydrogen-bond donors (Lipinski definition) is 1. The summed E-state index contributed by atoms with van der Waals surface area (Å²) in [5.74, 6) is 0.989. The van der Waals surface area contributed by atoms with Crippen LogP contribution in [0.4, 0.5) is 0 Å². The lowest BCUT2D eigenvalue weighted by Gasteiger charge is -2.12. The van der Waals surface area contributed by atoms with Gasteiger partial charge in [0.05, 0.1) is 17.2 Å². The zero-order valence-corrected chi connectivity index (χ0v) is 21.5. The summed E-state index contributed by atoms with van der Waals surface area (Å²) < 4.78 is 5.95. The van der Waals surface area contributed by atoms with E-state index in [0.29, 0.717) is 12.4 Å². The number of hydrogen-bond acceptors (Lipinski definition) is 4. The maximum Gasteiger partial charge on any atom is 0.250 e. The topological polar surface area (TPSA) is 50.7 Å². The quantitative estimate of drug-likeness (QED) is 0.174. The lowest BCUT2D eigenvalue weighted by molar-refractivity contribution is -0.118. The van der Waals surface area contributed by atoms with Crippen LogP contribution in [-0.2, 0) is 11.4 Å². The standard InChI is InChI=1S/C33H26N2O2S/c36-32(22-38-33-30-11-5-3-9-28(30)29-10-4-6-12-31(29)33)35-34-20-23-14-17-27(18-15-23)37-21-24-13-16-25-7-1-2-8-26(25)19-24/h1-20,33H,21-22H2,(H,35,36)/b34-20-. The van der Waals surface area contributed by atoms with Crippen molar-refractivity contribution in [3.05, 3.63) is 138 Å². The summed E-state index contributed by atoms with van der Waals surface area (Å²) in [6.07, 6.45) is 1.65. The van der Waals surface area contributed by atoms with Gasteiger partial charge in [-0.15, -0.1) is 11.8 Å². The molecule has 0 spiro atoms. The highest BCUT2D eigenvalue weighted by molar-refractivity contribution is 8.00. The molecule has 0 bridgehead atoms. The van der Waals surface area contributed by atoms with Gasteiger partial charge in [-0.05, 0) is 74.5 Å². The van der Waals surface area contributed by atoms with Crippen LogP contribution < -0.4 is 10.2 Å². The average molecular weight is 515 g/mol. The van der Waals surface area contributed by atoms with Gasteiger partial charge >= 0.3 is 0 Å². The first-order chi connectivity index (χ1) is 18.7. The Morgan fingerprint density at radius 1 is 0.789 bits per heavy atom. The van der Waals surface area contributed by atoms with E-state index < -0.39 is 0 Å². The third-order valence-corrected chi connectivity index (χ3v) is 7.93. The summed E-state index contributed by atoms with van der Waals surface area (Å²) in [4.78, 5) is 12.5. The van der Waals surface area contributed by atoms with Gasteiger partial charge in [-0.3, -0.25) is 4.79 Å². The van der Waals surface area contributed by atoms with Crippen molar-refractivity contribution in [1.82, 2.24) is 5.43 Å².